The lowest BCUT2D eigenvalue weighted by molar-refractivity contribution is -0.137. The molecular formula is C12H5F4N3O. The molecule has 0 aliphatic rings. The molecule has 102 valence electrons. The quantitative estimate of drug-likeness (QED) is 0.642. The molecule has 0 atom stereocenters. The van der Waals surface area contributed by atoms with Gasteiger partial charge in [0.2, 0.25) is 11.6 Å². The minimum Gasteiger partial charge on any atom is -0.418 e. The van der Waals surface area contributed by atoms with Gasteiger partial charge in [0.25, 0.3) is 0 Å². The van der Waals surface area contributed by atoms with Crippen molar-refractivity contribution >= 4 is 11.2 Å². The molecule has 0 radical (unpaired) electrons. The predicted molar refractivity (Wildman–Crippen MR) is 60.0 cm³/mol. The lowest BCUT2D eigenvalue weighted by Crippen LogP contribution is -2.04. The van der Waals surface area contributed by atoms with Crippen molar-refractivity contribution < 1.29 is 22.0 Å². The summed E-state index contributed by atoms with van der Waals surface area (Å²) in [6.45, 7) is 0. The van der Waals surface area contributed by atoms with Crippen LogP contribution < -0.4 is 0 Å². The molecule has 0 aliphatic heterocycles. The van der Waals surface area contributed by atoms with E-state index in [-0.39, 0.29) is 22.7 Å². The Kier molecular flexibility index (Phi) is 2.66. The Morgan fingerprint density at radius 1 is 1.15 bits per heavy atom. The topological polar surface area (TPSA) is 51.8 Å². The van der Waals surface area contributed by atoms with Crippen LogP contribution in [-0.4, -0.2) is 15.0 Å². The van der Waals surface area contributed by atoms with Gasteiger partial charge in [-0.25, -0.2) is 14.4 Å². The molecule has 0 aromatic carbocycles. The summed E-state index contributed by atoms with van der Waals surface area (Å²) in [7, 11) is 0. The Hall–Kier alpha value is -2.51. The second-order valence-corrected chi connectivity index (χ2v) is 3.92. The molecule has 3 rings (SSSR count). The van der Waals surface area contributed by atoms with Crippen LogP contribution in [0.3, 0.4) is 0 Å². The number of aromatic nitrogens is 3. The normalized spacial score (nSPS) is 12.0. The first-order valence-corrected chi connectivity index (χ1v) is 5.39. The number of alkyl halides is 3. The molecule has 0 aliphatic carbocycles. The van der Waals surface area contributed by atoms with E-state index in [1.54, 1.807) is 0 Å². The van der Waals surface area contributed by atoms with Crippen LogP contribution in [0.15, 0.2) is 35.1 Å². The van der Waals surface area contributed by atoms with Crippen molar-refractivity contribution in [2.24, 2.45) is 0 Å². The van der Waals surface area contributed by atoms with E-state index in [4.69, 9.17) is 4.42 Å². The second-order valence-electron chi connectivity index (χ2n) is 3.92. The first-order chi connectivity index (χ1) is 9.45. The van der Waals surface area contributed by atoms with Gasteiger partial charge in [0.15, 0.2) is 5.82 Å². The molecule has 4 nitrogen and oxygen atoms in total. The predicted octanol–water partition coefficient (Wildman–Crippen LogP) is 3.44. The number of fused-ring (bicyclic) bond motifs is 1. The molecule has 0 spiro atoms. The van der Waals surface area contributed by atoms with Crippen LogP contribution in [0.25, 0.3) is 22.7 Å². The molecule has 0 unspecified atom stereocenters. The van der Waals surface area contributed by atoms with E-state index < -0.39 is 17.6 Å². The highest BCUT2D eigenvalue weighted by Crippen LogP contribution is 2.31. The minimum absolute atomic E-state index is 0.00607. The highest BCUT2D eigenvalue weighted by Gasteiger charge is 2.31. The van der Waals surface area contributed by atoms with Crippen molar-refractivity contribution in [3.63, 3.8) is 0 Å². The van der Waals surface area contributed by atoms with Crippen LogP contribution in [-0.2, 0) is 6.18 Å². The summed E-state index contributed by atoms with van der Waals surface area (Å²) in [6, 6.07) is 2.11. The third kappa shape index (κ3) is 2.09. The summed E-state index contributed by atoms with van der Waals surface area (Å²) in [5.74, 6) is -0.832. The number of nitrogens with zero attached hydrogens (tertiary/aromatic N) is 3. The highest BCUT2D eigenvalue weighted by atomic mass is 19.4. The molecular weight excluding hydrogens is 278 g/mol. The van der Waals surface area contributed by atoms with E-state index in [2.05, 4.69) is 15.0 Å². The Balaban J connectivity index is 2.14. The number of halogens is 4. The van der Waals surface area contributed by atoms with Gasteiger partial charge in [0.1, 0.15) is 5.52 Å². The Labute approximate surface area is 109 Å². The fraction of sp³-hybridized carbons (Fsp3) is 0.0833. The molecule has 0 saturated heterocycles. The summed E-state index contributed by atoms with van der Waals surface area (Å²) in [4.78, 5) is 10.9. The van der Waals surface area contributed by atoms with Crippen molar-refractivity contribution in [2.75, 3.05) is 0 Å². The zero-order valence-corrected chi connectivity index (χ0v) is 9.65. The molecule has 3 heterocycles. The van der Waals surface area contributed by atoms with Crippen LogP contribution in [0.4, 0.5) is 17.6 Å². The van der Waals surface area contributed by atoms with Gasteiger partial charge in [0, 0.05) is 12.4 Å². The summed E-state index contributed by atoms with van der Waals surface area (Å²) in [5.41, 5.74) is -1.12. The van der Waals surface area contributed by atoms with Gasteiger partial charge in [-0.15, -0.1) is 0 Å². The average Bonchev–Trinajstić information content (AvgIpc) is 2.80. The van der Waals surface area contributed by atoms with Crippen LogP contribution in [0.1, 0.15) is 5.56 Å². The van der Waals surface area contributed by atoms with Crippen LogP contribution in [0, 0.1) is 5.82 Å². The van der Waals surface area contributed by atoms with E-state index in [1.165, 1.54) is 12.3 Å². The largest absolute Gasteiger partial charge is 0.418 e. The smallest absolute Gasteiger partial charge is 0.417 e. The average molecular weight is 283 g/mol. The van der Waals surface area contributed by atoms with Crippen LogP contribution in [0.5, 0.6) is 0 Å². The van der Waals surface area contributed by atoms with Crippen molar-refractivity contribution in [3.8, 4) is 11.5 Å². The molecule has 0 fully saturated rings. The number of pyridine rings is 2. The maximum absolute atomic E-state index is 13.5. The highest BCUT2D eigenvalue weighted by molar-refractivity contribution is 5.73. The Bertz CT molecular complexity index is 782. The van der Waals surface area contributed by atoms with Gasteiger partial charge in [-0.1, -0.05) is 0 Å². The van der Waals surface area contributed by atoms with Crippen LogP contribution >= 0.6 is 0 Å². The van der Waals surface area contributed by atoms with Gasteiger partial charge in [-0.2, -0.15) is 13.2 Å². The fourth-order valence-electron chi connectivity index (χ4n) is 1.64. The first-order valence-electron chi connectivity index (χ1n) is 5.39. The second kappa shape index (κ2) is 4.26. The Morgan fingerprint density at radius 2 is 1.95 bits per heavy atom. The van der Waals surface area contributed by atoms with E-state index in [9.17, 15) is 17.6 Å². The third-order valence-electron chi connectivity index (χ3n) is 2.58. The molecule has 20 heavy (non-hydrogen) atoms. The van der Waals surface area contributed by atoms with Gasteiger partial charge in [0.05, 0.1) is 17.3 Å². The first kappa shape index (κ1) is 12.5. The summed E-state index contributed by atoms with van der Waals surface area (Å²) >= 11 is 0. The maximum Gasteiger partial charge on any atom is 0.417 e. The zero-order chi connectivity index (χ0) is 14.3. The van der Waals surface area contributed by atoms with E-state index in [1.807, 2.05) is 0 Å². The van der Waals surface area contributed by atoms with E-state index in [0.717, 1.165) is 12.3 Å². The van der Waals surface area contributed by atoms with Gasteiger partial charge >= 0.3 is 6.18 Å². The fourth-order valence-corrected chi connectivity index (χ4v) is 1.64. The number of hydrogen-bond donors (Lipinski definition) is 0. The molecule has 0 N–H and O–H groups in total. The SMILES string of the molecule is Fc1cnccc1-c1nc2cc(C(F)(F)F)cnc2o1. The lowest BCUT2D eigenvalue weighted by Gasteiger charge is -2.03. The van der Waals surface area contributed by atoms with E-state index >= 15 is 0 Å². The number of rotatable bonds is 1. The van der Waals surface area contributed by atoms with Crippen molar-refractivity contribution in [3.05, 3.63) is 42.1 Å². The maximum atomic E-state index is 13.5. The number of oxazole rings is 1. The molecule has 0 amide bonds. The monoisotopic (exact) mass is 283 g/mol. The summed E-state index contributed by atoms with van der Waals surface area (Å²) < 4.78 is 56.3. The lowest BCUT2D eigenvalue weighted by atomic mass is 10.2. The number of hydrogen-bond acceptors (Lipinski definition) is 4. The zero-order valence-electron chi connectivity index (χ0n) is 9.65. The molecule has 3 aromatic rings. The van der Waals surface area contributed by atoms with Crippen molar-refractivity contribution in [2.45, 2.75) is 6.18 Å². The Morgan fingerprint density at radius 3 is 2.65 bits per heavy atom. The molecule has 0 saturated carbocycles. The van der Waals surface area contributed by atoms with Crippen LogP contribution in [0.2, 0.25) is 0 Å². The van der Waals surface area contributed by atoms with Gasteiger partial charge < -0.3 is 4.42 Å². The molecule has 0 bridgehead atoms. The summed E-state index contributed by atoms with van der Waals surface area (Å²) in [6.07, 6.45) is -1.61. The van der Waals surface area contributed by atoms with Gasteiger partial charge in [-0.05, 0) is 12.1 Å². The van der Waals surface area contributed by atoms with Crippen molar-refractivity contribution in [1.29, 1.82) is 0 Å². The third-order valence-corrected chi connectivity index (χ3v) is 2.58. The molecule has 8 heteroatoms. The standard InChI is InChI=1S/C12H5F4N3O/c13-8-5-17-2-1-7(8)10-19-9-3-6(12(14,15)16)4-18-11(9)20-10/h1-5H. The van der Waals surface area contributed by atoms with Crippen molar-refractivity contribution in [1.82, 2.24) is 15.0 Å². The minimum atomic E-state index is -4.53. The summed E-state index contributed by atoms with van der Waals surface area (Å²) in [5, 5.41) is 0. The van der Waals surface area contributed by atoms with Gasteiger partial charge in [-0.3, -0.25) is 4.98 Å². The van der Waals surface area contributed by atoms with E-state index in [0.29, 0.717) is 6.20 Å². The molecule has 3 aromatic heterocycles.